The molecule has 1 N–H and O–H groups in total. The number of hydrogen-bond acceptors (Lipinski definition) is 5. The van der Waals surface area contributed by atoms with Gasteiger partial charge in [0.1, 0.15) is 10.7 Å². The maximum absolute atomic E-state index is 13.0. The minimum absolute atomic E-state index is 0.139. The van der Waals surface area contributed by atoms with Gasteiger partial charge in [-0.25, -0.2) is 14.6 Å². The van der Waals surface area contributed by atoms with Crippen molar-refractivity contribution in [3.8, 4) is 5.69 Å². The van der Waals surface area contributed by atoms with Gasteiger partial charge in [0.05, 0.1) is 16.3 Å². The largest absolute Gasteiger partial charge is 0.321 e. The average molecular weight is 406 g/mol. The first-order chi connectivity index (χ1) is 13.7. The van der Waals surface area contributed by atoms with Gasteiger partial charge in [-0.15, -0.1) is 11.3 Å². The number of nitrogens with zero attached hydrogens (tertiary/aromatic N) is 4. The molecule has 0 saturated heterocycles. The number of aryl methyl sites for hydroxylation is 2. The molecule has 0 bridgehead atoms. The van der Waals surface area contributed by atoms with E-state index in [1.54, 1.807) is 10.9 Å². The van der Waals surface area contributed by atoms with Gasteiger partial charge < -0.3 is 5.32 Å². The molecule has 1 aromatic carbocycles. The molecule has 3 heterocycles. The molecule has 6 nitrogen and oxygen atoms in total. The van der Waals surface area contributed by atoms with Crippen LogP contribution in [0.5, 0.6) is 0 Å². The van der Waals surface area contributed by atoms with Gasteiger partial charge >= 0.3 is 0 Å². The topological polar surface area (TPSA) is 72.7 Å². The fourth-order valence-corrected chi connectivity index (χ4v) is 4.35. The molecular formula is C22H23N5OS. The number of aromatic nitrogens is 4. The molecule has 4 aromatic rings. The van der Waals surface area contributed by atoms with Crippen molar-refractivity contribution in [1.82, 2.24) is 19.7 Å². The number of rotatable bonds is 3. The molecule has 148 valence electrons. The van der Waals surface area contributed by atoms with Crippen LogP contribution in [-0.2, 0) is 5.41 Å². The van der Waals surface area contributed by atoms with E-state index in [1.807, 2.05) is 50.4 Å². The zero-order chi connectivity index (χ0) is 20.8. The molecule has 0 fully saturated rings. The van der Waals surface area contributed by atoms with Crippen molar-refractivity contribution in [2.45, 2.75) is 40.0 Å². The Labute approximate surface area is 173 Å². The summed E-state index contributed by atoms with van der Waals surface area (Å²) in [5.41, 5.74) is 3.29. The lowest BCUT2D eigenvalue weighted by Crippen LogP contribution is -2.16. The Morgan fingerprint density at radius 2 is 1.93 bits per heavy atom. The fourth-order valence-electron chi connectivity index (χ4n) is 3.23. The average Bonchev–Trinajstić information content (AvgIpc) is 3.30. The van der Waals surface area contributed by atoms with Gasteiger partial charge in [0, 0.05) is 28.9 Å². The summed E-state index contributed by atoms with van der Waals surface area (Å²) in [7, 11) is 0. The summed E-state index contributed by atoms with van der Waals surface area (Å²) in [4.78, 5) is 24.0. The van der Waals surface area contributed by atoms with Crippen LogP contribution < -0.4 is 5.32 Å². The highest BCUT2D eigenvalue weighted by molar-refractivity contribution is 7.20. The van der Waals surface area contributed by atoms with Crippen LogP contribution in [0.4, 0.5) is 5.69 Å². The summed E-state index contributed by atoms with van der Waals surface area (Å²) in [6, 6.07) is 9.48. The van der Waals surface area contributed by atoms with Gasteiger partial charge in [0.25, 0.3) is 5.91 Å². The Morgan fingerprint density at radius 1 is 1.14 bits per heavy atom. The van der Waals surface area contributed by atoms with E-state index in [1.165, 1.54) is 11.3 Å². The second kappa shape index (κ2) is 7.08. The van der Waals surface area contributed by atoms with Crippen molar-refractivity contribution >= 4 is 33.1 Å². The van der Waals surface area contributed by atoms with Crippen LogP contribution in [0, 0.1) is 13.8 Å². The smallest absolute Gasteiger partial charge is 0.266 e. The van der Waals surface area contributed by atoms with Crippen molar-refractivity contribution < 1.29 is 4.79 Å². The standard InChI is InChI=1S/C22H23N5OS/c1-13-17-14(2)24-21(22(3,4)5)26-20(17)29-18(13)19(28)25-15-8-6-9-16(12-15)27-11-7-10-23-27/h6-12H,1-5H3,(H,25,28). The molecule has 0 atom stereocenters. The molecule has 0 unspecified atom stereocenters. The number of anilines is 1. The van der Waals surface area contributed by atoms with Crippen LogP contribution in [0.15, 0.2) is 42.7 Å². The van der Waals surface area contributed by atoms with Crippen LogP contribution in [-0.4, -0.2) is 25.7 Å². The zero-order valence-corrected chi connectivity index (χ0v) is 18.0. The van der Waals surface area contributed by atoms with E-state index in [0.717, 1.165) is 38.7 Å². The van der Waals surface area contributed by atoms with Gasteiger partial charge in [-0.1, -0.05) is 26.8 Å². The summed E-state index contributed by atoms with van der Waals surface area (Å²) in [6.45, 7) is 10.2. The Bertz CT molecular complexity index is 1200. The number of carbonyl (C=O) groups excluding carboxylic acids is 1. The molecule has 0 aliphatic rings. The SMILES string of the molecule is Cc1nc(C(C)(C)C)nc2sc(C(=O)Nc3cccc(-n4cccn4)c3)c(C)c12. The van der Waals surface area contributed by atoms with Crippen LogP contribution in [0.3, 0.4) is 0 Å². The molecular weight excluding hydrogens is 382 g/mol. The molecule has 0 radical (unpaired) electrons. The lowest BCUT2D eigenvalue weighted by molar-refractivity contribution is 0.103. The molecule has 0 aliphatic carbocycles. The van der Waals surface area contributed by atoms with Gasteiger partial charge in [-0.05, 0) is 43.7 Å². The quantitative estimate of drug-likeness (QED) is 0.518. The number of carbonyl (C=O) groups is 1. The summed E-state index contributed by atoms with van der Waals surface area (Å²) in [6.07, 6.45) is 3.59. The highest BCUT2D eigenvalue weighted by atomic mass is 32.1. The van der Waals surface area contributed by atoms with Gasteiger partial charge in [0.15, 0.2) is 0 Å². The van der Waals surface area contributed by atoms with Crippen LogP contribution in [0.25, 0.3) is 15.9 Å². The zero-order valence-electron chi connectivity index (χ0n) is 17.1. The molecule has 0 aliphatic heterocycles. The first kappa shape index (κ1) is 19.3. The lowest BCUT2D eigenvalue weighted by atomic mass is 9.95. The van der Waals surface area contributed by atoms with Crippen LogP contribution in [0.2, 0.25) is 0 Å². The maximum Gasteiger partial charge on any atom is 0.266 e. The van der Waals surface area contributed by atoms with E-state index < -0.39 is 0 Å². The molecule has 3 aromatic heterocycles. The summed E-state index contributed by atoms with van der Waals surface area (Å²) >= 11 is 1.42. The Kier molecular flexibility index (Phi) is 4.70. The summed E-state index contributed by atoms with van der Waals surface area (Å²) in [5.74, 6) is 0.655. The third-order valence-corrected chi connectivity index (χ3v) is 5.91. The number of amides is 1. The lowest BCUT2D eigenvalue weighted by Gasteiger charge is -2.16. The van der Waals surface area contributed by atoms with Crippen LogP contribution >= 0.6 is 11.3 Å². The minimum Gasteiger partial charge on any atom is -0.321 e. The minimum atomic E-state index is -0.147. The fraction of sp³-hybridized carbons (Fsp3) is 0.273. The van der Waals surface area contributed by atoms with Crippen molar-refractivity contribution in [3.63, 3.8) is 0 Å². The number of thiophene rings is 1. The Morgan fingerprint density at radius 3 is 2.62 bits per heavy atom. The number of fused-ring (bicyclic) bond motifs is 1. The first-order valence-corrected chi connectivity index (χ1v) is 10.3. The van der Waals surface area contributed by atoms with Crippen molar-refractivity contribution in [1.29, 1.82) is 0 Å². The first-order valence-electron chi connectivity index (χ1n) is 9.43. The van der Waals surface area contributed by atoms with E-state index >= 15 is 0 Å². The Hall–Kier alpha value is -3.06. The normalized spacial score (nSPS) is 11.8. The van der Waals surface area contributed by atoms with Gasteiger partial charge in [-0.3, -0.25) is 4.79 Å². The molecule has 7 heteroatoms. The predicted molar refractivity (Wildman–Crippen MR) is 117 cm³/mol. The van der Waals surface area contributed by atoms with E-state index in [9.17, 15) is 4.79 Å². The van der Waals surface area contributed by atoms with Gasteiger partial charge in [0.2, 0.25) is 0 Å². The van der Waals surface area contributed by atoms with E-state index in [0.29, 0.717) is 4.88 Å². The highest BCUT2D eigenvalue weighted by Gasteiger charge is 2.23. The molecule has 1 amide bonds. The number of hydrogen-bond donors (Lipinski definition) is 1. The molecule has 0 saturated carbocycles. The van der Waals surface area contributed by atoms with Gasteiger partial charge in [-0.2, -0.15) is 5.10 Å². The maximum atomic E-state index is 13.0. The second-order valence-electron chi connectivity index (χ2n) is 8.07. The highest BCUT2D eigenvalue weighted by Crippen LogP contribution is 2.33. The van der Waals surface area contributed by atoms with E-state index in [2.05, 4.69) is 36.2 Å². The number of benzene rings is 1. The number of nitrogens with one attached hydrogen (secondary N) is 1. The van der Waals surface area contributed by atoms with Crippen LogP contribution in [0.1, 0.15) is 47.5 Å². The monoisotopic (exact) mass is 405 g/mol. The molecule has 0 spiro atoms. The third-order valence-electron chi connectivity index (χ3n) is 4.72. The van der Waals surface area contributed by atoms with Crippen molar-refractivity contribution in [2.24, 2.45) is 0 Å². The molecule has 29 heavy (non-hydrogen) atoms. The van der Waals surface area contributed by atoms with Crippen molar-refractivity contribution in [3.05, 3.63) is 64.7 Å². The third kappa shape index (κ3) is 3.65. The summed E-state index contributed by atoms with van der Waals surface area (Å²) < 4.78 is 1.76. The molecule has 4 rings (SSSR count). The summed E-state index contributed by atoms with van der Waals surface area (Å²) in [5, 5.41) is 8.22. The van der Waals surface area contributed by atoms with E-state index in [-0.39, 0.29) is 11.3 Å². The second-order valence-corrected chi connectivity index (χ2v) is 9.07. The Balaban J connectivity index is 1.68. The van der Waals surface area contributed by atoms with E-state index in [4.69, 9.17) is 4.98 Å². The van der Waals surface area contributed by atoms with Crippen molar-refractivity contribution in [2.75, 3.05) is 5.32 Å². The predicted octanol–water partition coefficient (Wildman–Crippen LogP) is 5.04.